The second-order valence-electron chi connectivity index (χ2n) is 5.24. The van der Waals surface area contributed by atoms with Gasteiger partial charge in [0.25, 0.3) is 0 Å². The highest BCUT2D eigenvalue weighted by Crippen LogP contribution is 2.39. The smallest absolute Gasteiger partial charge is 0.123 e. The summed E-state index contributed by atoms with van der Waals surface area (Å²) in [5.74, 6) is -0.141. The van der Waals surface area contributed by atoms with Gasteiger partial charge >= 0.3 is 0 Å². The van der Waals surface area contributed by atoms with Crippen molar-refractivity contribution in [3.63, 3.8) is 0 Å². The van der Waals surface area contributed by atoms with Crippen LogP contribution < -0.4 is 5.32 Å². The van der Waals surface area contributed by atoms with E-state index < -0.39 is 0 Å². The number of aryl methyl sites for hydroxylation is 1. The van der Waals surface area contributed by atoms with E-state index in [0.717, 1.165) is 38.0 Å². The van der Waals surface area contributed by atoms with Gasteiger partial charge in [-0.1, -0.05) is 6.07 Å². The van der Waals surface area contributed by atoms with E-state index in [2.05, 4.69) is 12.2 Å². The molecule has 0 radical (unpaired) electrons. The number of rotatable bonds is 0. The van der Waals surface area contributed by atoms with Gasteiger partial charge < -0.3 is 10.1 Å². The Hall–Kier alpha value is -0.930. The zero-order valence-electron chi connectivity index (χ0n) is 10.1. The van der Waals surface area contributed by atoms with Gasteiger partial charge in [-0.15, -0.1) is 0 Å². The van der Waals surface area contributed by atoms with Crippen molar-refractivity contribution in [3.05, 3.63) is 35.1 Å². The van der Waals surface area contributed by atoms with E-state index in [0.29, 0.717) is 6.04 Å². The minimum atomic E-state index is -0.214. The summed E-state index contributed by atoms with van der Waals surface area (Å²) >= 11 is 0. The van der Waals surface area contributed by atoms with Gasteiger partial charge in [-0.3, -0.25) is 0 Å². The van der Waals surface area contributed by atoms with Gasteiger partial charge in [-0.05, 0) is 49.4 Å². The summed E-state index contributed by atoms with van der Waals surface area (Å²) in [5.41, 5.74) is 2.09. The Bertz CT molecular complexity index is 424. The maximum absolute atomic E-state index is 13.3. The van der Waals surface area contributed by atoms with Crippen LogP contribution in [-0.2, 0) is 16.8 Å². The van der Waals surface area contributed by atoms with Gasteiger partial charge in [0.05, 0.1) is 6.61 Å². The molecular formula is C14H18FNO. The molecule has 2 atom stereocenters. The molecule has 0 amide bonds. The molecule has 0 bridgehead atoms. The summed E-state index contributed by atoms with van der Waals surface area (Å²) in [6, 6.07) is 5.53. The van der Waals surface area contributed by atoms with Crippen molar-refractivity contribution in [1.82, 2.24) is 5.32 Å². The summed E-state index contributed by atoms with van der Waals surface area (Å²) in [7, 11) is 0. The highest BCUT2D eigenvalue weighted by molar-refractivity contribution is 5.36. The first-order chi connectivity index (χ1) is 8.20. The fraction of sp³-hybridized carbons (Fsp3) is 0.571. The number of nitrogens with one attached hydrogen (secondary N) is 1. The number of ether oxygens (including phenoxy) is 1. The number of benzene rings is 1. The van der Waals surface area contributed by atoms with Crippen LogP contribution in [0.15, 0.2) is 18.2 Å². The molecule has 1 aromatic carbocycles. The Kier molecular flexibility index (Phi) is 2.68. The molecule has 3 rings (SSSR count). The van der Waals surface area contributed by atoms with E-state index in [9.17, 15) is 4.39 Å². The van der Waals surface area contributed by atoms with E-state index in [1.165, 1.54) is 5.56 Å². The average Bonchev–Trinajstić information content (AvgIpc) is 2.33. The third kappa shape index (κ3) is 1.87. The highest BCUT2D eigenvalue weighted by atomic mass is 19.1. The first-order valence-corrected chi connectivity index (χ1v) is 6.36. The maximum Gasteiger partial charge on any atom is 0.123 e. The van der Waals surface area contributed by atoms with E-state index in [1.807, 2.05) is 6.07 Å². The Morgan fingerprint density at radius 2 is 2.35 bits per heavy atom. The molecule has 17 heavy (non-hydrogen) atoms. The molecule has 1 saturated heterocycles. The molecule has 3 heteroatoms. The van der Waals surface area contributed by atoms with E-state index in [1.54, 1.807) is 12.1 Å². The molecule has 2 aliphatic rings. The van der Waals surface area contributed by atoms with Gasteiger partial charge in [0.15, 0.2) is 0 Å². The molecule has 0 aromatic heterocycles. The normalized spacial score (nSPS) is 32.5. The molecule has 0 saturated carbocycles. The van der Waals surface area contributed by atoms with Crippen LogP contribution in [0.5, 0.6) is 0 Å². The quantitative estimate of drug-likeness (QED) is 0.745. The lowest BCUT2D eigenvalue weighted by molar-refractivity contribution is -0.0959. The lowest BCUT2D eigenvalue weighted by Gasteiger charge is -2.44. The van der Waals surface area contributed by atoms with Gasteiger partial charge in [0, 0.05) is 12.6 Å². The van der Waals surface area contributed by atoms with Crippen molar-refractivity contribution < 1.29 is 9.13 Å². The molecule has 92 valence electrons. The van der Waals surface area contributed by atoms with E-state index in [-0.39, 0.29) is 11.4 Å². The molecular weight excluding hydrogens is 217 g/mol. The fourth-order valence-corrected chi connectivity index (χ4v) is 2.98. The predicted octanol–water partition coefficient (Wildman–Crippen LogP) is 2.37. The van der Waals surface area contributed by atoms with Gasteiger partial charge in [0.1, 0.15) is 11.4 Å². The molecule has 1 aliphatic carbocycles. The van der Waals surface area contributed by atoms with Crippen LogP contribution in [-0.4, -0.2) is 19.2 Å². The Balaban J connectivity index is 1.99. The molecule has 1 spiro atoms. The van der Waals surface area contributed by atoms with Crippen LogP contribution in [0.1, 0.15) is 30.9 Å². The van der Waals surface area contributed by atoms with Crippen molar-refractivity contribution in [2.45, 2.75) is 37.8 Å². The minimum absolute atomic E-state index is 0.141. The van der Waals surface area contributed by atoms with Gasteiger partial charge in [0.2, 0.25) is 0 Å². The van der Waals surface area contributed by atoms with Crippen LogP contribution in [0.2, 0.25) is 0 Å². The Morgan fingerprint density at radius 3 is 3.12 bits per heavy atom. The van der Waals surface area contributed by atoms with Crippen LogP contribution in [0.3, 0.4) is 0 Å². The molecule has 2 nitrogen and oxygen atoms in total. The average molecular weight is 235 g/mol. The summed E-state index contributed by atoms with van der Waals surface area (Å²) in [5, 5.41) is 3.48. The zero-order valence-corrected chi connectivity index (χ0v) is 10.1. The van der Waals surface area contributed by atoms with Crippen LogP contribution in [0, 0.1) is 5.82 Å². The van der Waals surface area contributed by atoms with Crippen LogP contribution in [0.25, 0.3) is 0 Å². The first kappa shape index (κ1) is 11.2. The molecule has 1 N–H and O–H groups in total. The minimum Gasteiger partial charge on any atom is -0.367 e. The van der Waals surface area contributed by atoms with Crippen molar-refractivity contribution in [2.75, 3.05) is 13.2 Å². The third-order valence-electron chi connectivity index (χ3n) is 3.93. The SMILES string of the molecule is CC1COC2(CCCc3cc(F)ccc32)CN1. The monoisotopic (exact) mass is 235 g/mol. The van der Waals surface area contributed by atoms with E-state index in [4.69, 9.17) is 4.74 Å². The molecule has 1 aliphatic heterocycles. The lowest BCUT2D eigenvalue weighted by atomic mass is 9.78. The standard InChI is InChI=1S/C14H18FNO/c1-10-8-17-14(9-16-10)6-2-3-11-7-12(15)4-5-13(11)14/h4-5,7,10,16H,2-3,6,8-9H2,1H3. The molecule has 2 unspecified atom stereocenters. The van der Waals surface area contributed by atoms with Gasteiger partial charge in [-0.25, -0.2) is 4.39 Å². The number of morpholine rings is 1. The lowest BCUT2D eigenvalue weighted by Crippen LogP contribution is -2.52. The van der Waals surface area contributed by atoms with E-state index >= 15 is 0 Å². The summed E-state index contributed by atoms with van der Waals surface area (Å²) < 4.78 is 19.4. The predicted molar refractivity (Wildman–Crippen MR) is 64.4 cm³/mol. The van der Waals surface area contributed by atoms with Gasteiger partial charge in [-0.2, -0.15) is 0 Å². The van der Waals surface area contributed by atoms with Crippen LogP contribution in [0.4, 0.5) is 4.39 Å². The summed E-state index contributed by atoms with van der Waals surface area (Å²) in [6.45, 7) is 3.70. The highest BCUT2D eigenvalue weighted by Gasteiger charge is 2.40. The molecule has 1 aromatic rings. The number of hydrogen-bond acceptors (Lipinski definition) is 2. The van der Waals surface area contributed by atoms with Crippen molar-refractivity contribution in [3.8, 4) is 0 Å². The fourth-order valence-electron chi connectivity index (χ4n) is 2.98. The number of fused-ring (bicyclic) bond motifs is 2. The topological polar surface area (TPSA) is 21.3 Å². The molecule has 1 fully saturated rings. The number of hydrogen-bond donors (Lipinski definition) is 1. The zero-order chi connectivity index (χ0) is 11.9. The first-order valence-electron chi connectivity index (χ1n) is 6.36. The van der Waals surface area contributed by atoms with Crippen molar-refractivity contribution in [1.29, 1.82) is 0 Å². The second kappa shape index (κ2) is 4.07. The van der Waals surface area contributed by atoms with Crippen molar-refractivity contribution >= 4 is 0 Å². The molecule has 1 heterocycles. The third-order valence-corrected chi connectivity index (χ3v) is 3.93. The van der Waals surface area contributed by atoms with Crippen molar-refractivity contribution in [2.24, 2.45) is 0 Å². The van der Waals surface area contributed by atoms with Crippen LogP contribution >= 0.6 is 0 Å². The Labute approximate surface area is 101 Å². The maximum atomic E-state index is 13.3. The summed E-state index contributed by atoms with van der Waals surface area (Å²) in [6.07, 6.45) is 3.08. The largest absolute Gasteiger partial charge is 0.367 e. The Morgan fingerprint density at radius 1 is 1.47 bits per heavy atom. The number of halogens is 1. The second-order valence-corrected chi connectivity index (χ2v) is 5.24. The summed E-state index contributed by atoms with van der Waals surface area (Å²) in [4.78, 5) is 0.